The molecule has 0 fully saturated rings. The fraction of sp³-hybridized carbons (Fsp3) is 0.250. The van der Waals surface area contributed by atoms with Gasteiger partial charge in [-0.1, -0.05) is 45.9 Å². The molecule has 2 aromatic carbocycles. The van der Waals surface area contributed by atoms with Crippen LogP contribution >= 0.6 is 19.3 Å². The predicted octanol–water partition coefficient (Wildman–Crippen LogP) is 4.92. The molecule has 0 aliphatic carbocycles. The smallest absolute Gasteiger partial charge is 0.143 e. The highest BCUT2D eigenvalue weighted by atomic mass is 32.4. The normalized spacial score (nSPS) is 9.42. The minimum absolute atomic E-state index is 0.634. The van der Waals surface area contributed by atoms with Crippen molar-refractivity contribution in [1.82, 2.24) is 0 Å². The fourth-order valence-corrected chi connectivity index (χ4v) is 3.34. The zero-order valence-electron chi connectivity index (χ0n) is 12.0. The molecule has 0 saturated carbocycles. The van der Waals surface area contributed by atoms with Crippen LogP contribution in [0.2, 0.25) is 0 Å². The second kappa shape index (κ2) is 11.2. The second-order valence-corrected chi connectivity index (χ2v) is 6.38. The molecule has 0 heterocycles. The number of hydrogen-bond donors (Lipinski definition) is 1. The van der Waals surface area contributed by atoms with Crippen LogP contribution in [0.5, 0.6) is 0 Å². The van der Waals surface area contributed by atoms with Crippen molar-refractivity contribution in [3.05, 3.63) is 54.6 Å². The Morgan fingerprint density at radius 2 is 1.16 bits per heavy atom. The third-order valence-corrected chi connectivity index (χ3v) is 5.17. The van der Waals surface area contributed by atoms with E-state index in [0.29, 0.717) is 0 Å². The Morgan fingerprint density at radius 1 is 0.737 bits per heavy atom. The Morgan fingerprint density at radius 3 is 1.63 bits per heavy atom. The molecule has 0 aliphatic heterocycles. The van der Waals surface area contributed by atoms with Crippen molar-refractivity contribution < 1.29 is 0 Å². The van der Waals surface area contributed by atoms with E-state index in [0.717, 1.165) is 4.90 Å². The molecule has 0 saturated heterocycles. The highest BCUT2D eigenvalue weighted by Crippen LogP contribution is 2.20. The van der Waals surface area contributed by atoms with Gasteiger partial charge in [-0.05, 0) is 36.4 Å². The first-order valence-corrected chi connectivity index (χ1v) is 9.39. The van der Waals surface area contributed by atoms with E-state index in [1.54, 1.807) is 0 Å². The Kier molecular flexibility index (Phi) is 10.8. The summed E-state index contributed by atoms with van der Waals surface area (Å²) in [6, 6.07) is 18.4. The molecule has 0 radical (unpaired) electrons. The van der Waals surface area contributed by atoms with Crippen LogP contribution in [-0.2, 0) is 11.8 Å². The molecule has 102 valence electrons. The topological polar surface area (TPSA) is 0 Å². The van der Waals surface area contributed by atoms with Crippen molar-refractivity contribution in [2.24, 2.45) is 0 Å². The molecule has 2 aromatic rings. The highest BCUT2D eigenvalue weighted by Gasteiger charge is 2.16. The van der Waals surface area contributed by atoms with Gasteiger partial charge in [-0.3, -0.25) is 0 Å². The molecule has 0 N–H and O–H groups in total. The summed E-state index contributed by atoms with van der Waals surface area (Å²) >= 11 is 9.81. The van der Waals surface area contributed by atoms with E-state index in [1.807, 2.05) is 58.0 Å². The van der Waals surface area contributed by atoms with Crippen LogP contribution in [0.1, 0.15) is 27.7 Å². The number of benzene rings is 2. The molecule has 2 rings (SSSR count). The average molecular weight is 309 g/mol. The van der Waals surface area contributed by atoms with Gasteiger partial charge in [0.2, 0.25) is 6.70 Å². The molecule has 3 heteroatoms. The van der Waals surface area contributed by atoms with Crippen molar-refractivity contribution in [2.75, 3.05) is 0 Å². The van der Waals surface area contributed by atoms with E-state index < -0.39 is 6.70 Å². The van der Waals surface area contributed by atoms with Crippen molar-refractivity contribution in [1.29, 1.82) is 0 Å². The van der Waals surface area contributed by atoms with Gasteiger partial charge in [0.25, 0.3) is 0 Å². The van der Waals surface area contributed by atoms with Crippen molar-refractivity contribution >= 4 is 41.7 Å². The standard InChI is InChI=1S/C12H9PS2.2C2H6/c14-12-8-6-11(7-9-12)13(15)10-4-2-1-3-5-10;2*1-2/h1-9H;2*1-2H3/p+1. The summed E-state index contributed by atoms with van der Waals surface area (Å²) in [6.45, 7) is 7.37. The Labute approximate surface area is 129 Å². The average Bonchev–Trinajstić information content (AvgIpc) is 2.52. The van der Waals surface area contributed by atoms with Gasteiger partial charge in [0.15, 0.2) is 22.4 Å². The molecule has 0 amide bonds. The highest BCUT2D eigenvalue weighted by molar-refractivity contribution is 8.12. The van der Waals surface area contributed by atoms with Crippen LogP contribution in [0.4, 0.5) is 0 Å². The second-order valence-electron chi connectivity index (χ2n) is 3.15. The van der Waals surface area contributed by atoms with Crippen molar-refractivity contribution in [3.63, 3.8) is 0 Å². The first kappa shape index (κ1) is 18.3. The quantitative estimate of drug-likeness (QED) is 0.607. The van der Waals surface area contributed by atoms with Gasteiger partial charge >= 0.3 is 0 Å². The summed E-state index contributed by atoms with van der Waals surface area (Å²) in [5.41, 5.74) is 0. The maximum atomic E-state index is 5.55. The van der Waals surface area contributed by atoms with E-state index >= 15 is 0 Å². The number of hydrogen-bond acceptors (Lipinski definition) is 2. The Balaban J connectivity index is 0.000000741. The van der Waals surface area contributed by atoms with Gasteiger partial charge < -0.3 is 0 Å². The first-order chi connectivity index (χ1) is 9.27. The van der Waals surface area contributed by atoms with Crippen LogP contribution < -0.4 is 10.6 Å². The van der Waals surface area contributed by atoms with Gasteiger partial charge in [-0.25, -0.2) is 0 Å². The molecule has 0 spiro atoms. The predicted molar refractivity (Wildman–Crippen MR) is 96.4 cm³/mol. The number of thiol groups is 1. The van der Waals surface area contributed by atoms with Crippen LogP contribution in [-0.4, -0.2) is 0 Å². The monoisotopic (exact) mass is 309 g/mol. The third kappa shape index (κ3) is 6.33. The fourth-order valence-electron chi connectivity index (χ4n) is 1.30. The molecule has 0 aromatic heterocycles. The molecule has 1 unspecified atom stereocenters. The lowest BCUT2D eigenvalue weighted by molar-refractivity contribution is 1.50. The minimum Gasteiger partial charge on any atom is -0.143 e. The first-order valence-electron chi connectivity index (χ1n) is 6.59. The maximum absolute atomic E-state index is 5.55. The third-order valence-electron chi connectivity index (χ3n) is 2.07. The largest absolute Gasteiger partial charge is 0.250 e. The minimum atomic E-state index is -0.634. The summed E-state index contributed by atoms with van der Waals surface area (Å²) in [6.07, 6.45) is 0. The van der Waals surface area contributed by atoms with E-state index in [1.165, 1.54) is 10.6 Å². The van der Waals surface area contributed by atoms with Gasteiger partial charge in [0.05, 0.1) is 0 Å². The molecule has 1 atom stereocenters. The molecule has 0 nitrogen and oxygen atoms in total. The zero-order chi connectivity index (χ0) is 14.7. The Bertz CT molecular complexity index is 464. The summed E-state index contributed by atoms with van der Waals surface area (Å²) < 4.78 is 0. The van der Waals surface area contributed by atoms with E-state index in [9.17, 15) is 0 Å². The van der Waals surface area contributed by atoms with Gasteiger partial charge in [-0.15, -0.1) is 12.6 Å². The Hall–Kier alpha value is -0.690. The van der Waals surface area contributed by atoms with E-state index in [2.05, 4.69) is 36.9 Å². The summed E-state index contributed by atoms with van der Waals surface area (Å²) in [5.74, 6) is 0. The molecule has 0 bridgehead atoms. The van der Waals surface area contributed by atoms with E-state index in [-0.39, 0.29) is 0 Å². The lowest BCUT2D eigenvalue weighted by Gasteiger charge is -1.93. The van der Waals surface area contributed by atoms with Gasteiger partial charge in [-0.2, -0.15) is 0 Å². The number of rotatable bonds is 2. The van der Waals surface area contributed by atoms with Crippen molar-refractivity contribution in [3.8, 4) is 0 Å². The SMILES string of the molecule is CC.CC.S=[P+](c1ccccc1)c1ccc(S)cc1. The maximum Gasteiger partial charge on any atom is 0.250 e. The lowest BCUT2D eigenvalue weighted by atomic mass is 10.4. The van der Waals surface area contributed by atoms with Crippen molar-refractivity contribution in [2.45, 2.75) is 32.6 Å². The molecular formula is C16H22PS2+. The van der Waals surface area contributed by atoms with Crippen LogP contribution in [0.15, 0.2) is 59.5 Å². The zero-order valence-corrected chi connectivity index (χ0v) is 14.6. The molecule has 19 heavy (non-hydrogen) atoms. The van der Waals surface area contributed by atoms with Crippen LogP contribution in [0, 0.1) is 0 Å². The lowest BCUT2D eigenvalue weighted by Crippen LogP contribution is -2.05. The van der Waals surface area contributed by atoms with E-state index in [4.69, 9.17) is 11.8 Å². The summed E-state index contributed by atoms with van der Waals surface area (Å²) in [7, 11) is 0. The van der Waals surface area contributed by atoms with Crippen LogP contribution in [0.3, 0.4) is 0 Å². The van der Waals surface area contributed by atoms with Gasteiger partial charge in [0.1, 0.15) is 0 Å². The van der Waals surface area contributed by atoms with Crippen LogP contribution in [0.25, 0.3) is 0 Å². The molecular weight excluding hydrogens is 287 g/mol. The summed E-state index contributed by atoms with van der Waals surface area (Å²) in [5, 5.41) is 2.44. The van der Waals surface area contributed by atoms with Gasteiger partial charge in [0, 0.05) is 4.90 Å². The summed E-state index contributed by atoms with van der Waals surface area (Å²) in [4.78, 5) is 0.977. The molecule has 0 aliphatic rings.